The van der Waals surface area contributed by atoms with Gasteiger partial charge in [-0.15, -0.1) is 17.9 Å². The molecule has 1 aromatic heterocycles. The summed E-state index contributed by atoms with van der Waals surface area (Å²) in [4.78, 5) is 5.01. The fourth-order valence-electron chi connectivity index (χ4n) is 2.52. The third-order valence-corrected chi connectivity index (χ3v) is 4.58. The van der Waals surface area contributed by atoms with Crippen molar-refractivity contribution in [3.05, 3.63) is 70.4 Å². The highest BCUT2D eigenvalue weighted by Crippen LogP contribution is 2.19. The minimum atomic E-state index is -0.303. The Morgan fingerprint density at radius 3 is 2.59 bits per heavy atom. The molecule has 0 aliphatic carbocycles. The Hall–Kier alpha value is -1.42. The molecule has 1 aromatic carbocycles. The van der Waals surface area contributed by atoms with E-state index in [-0.39, 0.29) is 6.10 Å². The Morgan fingerprint density at radius 1 is 1.18 bits per heavy atom. The zero-order chi connectivity index (χ0) is 15.8. The van der Waals surface area contributed by atoms with E-state index in [1.807, 2.05) is 23.5 Å². The van der Waals surface area contributed by atoms with Crippen molar-refractivity contribution in [3.8, 4) is 0 Å². The Labute approximate surface area is 137 Å². The van der Waals surface area contributed by atoms with Gasteiger partial charge in [-0.25, -0.2) is 0 Å². The Kier molecular flexibility index (Phi) is 6.84. The highest BCUT2D eigenvalue weighted by Gasteiger charge is 2.13. The molecule has 2 rings (SSSR count). The van der Waals surface area contributed by atoms with E-state index < -0.39 is 0 Å². The van der Waals surface area contributed by atoms with Crippen LogP contribution in [0.15, 0.2) is 55.1 Å². The van der Waals surface area contributed by atoms with E-state index in [2.05, 4.69) is 54.8 Å². The molecule has 22 heavy (non-hydrogen) atoms. The zero-order valence-electron chi connectivity index (χ0n) is 13.2. The average molecular weight is 315 g/mol. The number of hydrogen-bond acceptors (Lipinski definition) is 3. The molecule has 0 saturated heterocycles. The van der Waals surface area contributed by atoms with Gasteiger partial charge in [0.25, 0.3) is 0 Å². The highest BCUT2D eigenvalue weighted by atomic mass is 32.1. The van der Waals surface area contributed by atoms with Gasteiger partial charge in [-0.05, 0) is 37.5 Å². The molecule has 3 heteroatoms. The molecule has 0 bridgehead atoms. The standard InChI is InChI=1S/C19H25NOS/c1-3-4-10-18(21)14-20(13-17-8-6-5-7-9-17)15-19-12-11-16(2)22-19/h3,5-9,11-12,18,21H,1,4,10,13-15H2,2H3/t18-/m1/s1. The lowest BCUT2D eigenvalue weighted by Crippen LogP contribution is -2.31. The average Bonchev–Trinajstić information content (AvgIpc) is 2.91. The van der Waals surface area contributed by atoms with Crippen molar-refractivity contribution in [2.24, 2.45) is 0 Å². The first-order valence-electron chi connectivity index (χ1n) is 7.78. The number of hydrogen-bond donors (Lipinski definition) is 1. The molecule has 1 N–H and O–H groups in total. The molecule has 1 atom stereocenters. The van der Waals surface area contributed by atoms with E-state index in [1.54, 1.807) is 0 Å². The van der Waals surface area contributed by atoms with Crippen LogP contribution in [0.1, 0.15) is 28.2 Å². The molecule has 1 heterocycles. The van der Waals surface area contributed by atoms with E-state index >= 15 is 0 Å². The van der Waals surface area contributed by atoms with Gasteiger partial charge >= 0.3 is 0 Å². The number of aliphatic hydroxyl groups excluding tert-OH is 1. The number of thiophene rings is 1. The molecule has 0 saturated carbocycles. The van der Waals surface area contributed by atoms with Crippen LogP contribution in [0.4, 0.5) is 0 Å². The van der Waals surface area contributed by atoms with Crippen molar-refractivity contribution in [2.45, 2.75) is 39.0 Å². The fourth-order valence-corrected chi connectivity index (χ4v) is 3.45. The van der Waals surface area contributed by atoms with Crippen molar-refractivity contribution in [1.29, 1.82) is 0 Å². The van der Waals surface area contributed by atoms with Gasteiger partial charge in [0.2, 0.25) is 0 Å². The minimum Gasteiger partial charge on any atom is -0.392 e. The van der Waals surface area contributed by atoms with Gasteiger partial charge in [0.1, 0.15) is 0 Å². The van der Waals surface area contributed by atoms with Crippen LogP contribution in [0, 0.1) is 6.92 Å². The summed E-state index contributed by atoms with van der Waals surface area (Å²) in [5, 5.41) is 10.2. The van der Waals surface area contributed by atoms with Crippen LogP contribution in [-0.4, -0.2) is 22.7 Å². The first-order chi connectivity index (χ1) is 10.7. The number of aryl methyl sites for hydroxylation is 1. The van der Waals surface area contributed by atoms with E-state index in [1.165, 1.54) is 15.3 Å². The van der Waals surface area contributed by atoms with Gasteiger partial charge < -0.3 is 5.11 Å². The molecule has 0 spiro atoms. The van der Waals surface area contributed by atoms with Gasteiger partial charge in [0.15, 0.2) is 0 Å². The van der Waals surface area contributed by atoms with Crippen LogP contribution in [0.25, 0.3) is 0 Å². The maximum Gasteiger partial charge on any atom is 0.0670 e. The molecule has 0 unspecified atom stereocenters. The second-order valence-electron chi connectivity index (χ2n) is 5.69. The normalized spacial score (nSPS) is 12.5. The van der Waals surface area contributed by atoms with Gasteiger partial charge in [0, 0.05) is 29.4 Å². The van der Waals surface area contributed by atoms with Crippen LogP contribution in [0.3, 0.4) is 0 Å². The van der Waals surface area contributed by atoms with Crippen molar-refractivity contribution in [2.75, 3.05) is 6.54 Å². The number of allylic oxidation sites excluding steroid dienone is 1. The van der Waals surface area contributed by atoms with Crippen LogP contribution >= 0.6 is 11.3 Å². The smallest absolute Gasteiger partial charge is 0.0670 e. The minimum absolute atomic E-state index is 0.303. The quantitative estimate of drug-likeness (QED) is 0.694. The predicted octanol–water partition coefficient (Wildman–Crippen LogP) is 4.39. The lowest BCUT2D eigenvalue weighted by molar-refractivity contribution is 0.0989. The van der Waals surface area contributed by atoms with Gasteiger partial charge in [-0.1, -0.05) is 36.4 Å². The third-order valence-electron chi connectivity index (χ3n) is 3.60. The summed E-state index contributed by atoms with van der Waals surface area (Å²) in [5.41, 5.74) is 1.28. The second-order valence-corrected chi connectivity index (χ2v) is 7.06. The van der Waals surface area contributed by atoms with Crippen LogP contribution in [0.5, 0.6) is 0 Å². The molecule has 0 aliphatic heterocycles. The zero-order valence-corrected chi connectivity index (χ0v) is 14.1. The lowest BCUT2D eigenvalue weighted by atomic mass is 10.1. The van der Waals surface area contributed by atoms with Crippen molar-refractivity contribution in [1.82, 2.24) is 4.90 Å². The van der Waals surface area contributed by atoms with E-state index in [0.29, 0.717) is 6.54 Å². The summed E-state index contributed by atoms with van der Waals surface area (Å²) in [6, 6.07) is 14.8. The number of aliphatic hydroxyl groups is 1. The predicted molar refractivity (Wildman–Crippen MR) is 95.0 cm³/mol. The maximum absolute atomic E-state index is 10.2. The van der Waals surface area contributed by atoms with E-state index in [4.69, 9.17) is 0 Å². The first kappa shape index (κ1) is 16.9. The van der Waals surface area contributed by atoms with E-state index in [0.717, 1.165) is 25.9 Å². The number of nitrogens with zero attached hydrogens (tertiary/aromatic N) is 1. The molecular weight excluding hydrogens is 290 g/mol. The van der Waals surface area contributed by atoms with Gasteiger partial charge in [-0.2, -0.15) is 0 Å². The Morgan fingerprint density at radius 2 is 1.95 bits per heavy atom. The van der Waals surface area contributed by atoms with Crippen molar-refractivity contribution in [3.63, 3.8) is 0 Å². The summed E-state index contributed by atoms with van der Waals surface area (Å²) < 4.78 is 0. The Bertz CT molecular complexity index is 564. The largest absolute Gasteiger partial charge is 0.392 e. The first-order valence-corrected chi connectivity index (χ1v) is 8.59. The van der Waals surface area contributed by atoms with Gasteiger partial charge in [-0.3, -0.25) is 4.90 Å². The molecule has 2 aromatic rings. The van der Waals surface area contributed by atoms with Crippen LogP contribution < -0.4 is 0 Å². The molecular formula is C19H25NOS. The van der Waals surface area contributed by atoms with Gasteiger partial charge in [0.05, 0.1) is 6.10 Å². The summed E-state index contributed by atoms with van der Waals surface area (Å²) in [5.74, 6) is 0. The molecule has 118 valence electrons. The second kappa shape index (κ2) is 8.89. The van der Waals surface area contributed by atoms with Crippen LogP contribution in [0.2, 0.25) is 0 Å². The van der Waals surface area contributed by atoms with Crippen molar-refractivity contribution >= 4 is 11.3 Å². The van der Waals surface area contributed by atoms with E-state index in [9.17, 15) is 5.11 Å². The summed E-state index contributed by atoms with van der Waals surface area (Å²) in [7, 11) is 0. The Balaban J connectivity index is 2.00. The summed E-state index contributed by atoms with van der Waals surface area (Å²) in [6.45, 7) is 8.31. The number of rotatable bonds is 9. The lowest BCUT2D eigenvalue weighted by Gasteiger charge is -2.24. The molecule has 0 radical (unpaired) electrons. The topological polar surface area (TPSA) is 23.5 Å². The molecule has 0 amide bonds. The summed E-state index contributed by atoms with van der Waals surface area (Å²) in [6.07, 6.45) is 3.20. The molecule has 0 aliphatic rings. The molecule has 0 fully saturated rings. The third kappa shape index (κ3) is 5.76. The molecule has 2 nitrogen and oxygen atoms in total. The monoisotopic (exact) mass is 315 g/mol. The van der Waals surface area contributed by atoms with Crippen LogP contribution in [-0.2, 0) is 13.1 Å². The number of benzene rings is 1. The fraction of sp³-hybridized carbons (Fsp3) is 0.368. The van der Waals surface area contributed by atoms with Crippen molar-refractivity contribution < 1.29 is 5.11 Å². The maximum atomic E-state index is 10.2. The highest BCUT2D eigenvalue weighted by molar-refractivity contribution is 7.11. The SMILES string of the molecule is C=CCC[C@@H](O)CN(Cc1ccccc1)Cc1ccc(C)s1. The summed E-state index contributed by atoms with van der Waals surface area (Å²) >= 11 is 1.83.